The predicted octanol–water partition coefficient (Wildman–Crippen LogP) is 2.07. The van der Waals surface area contributed by atoms with E-state index in [4.69, 9.17) is 9.47 Å². The maximum Gasteiger partial charge on any atom is 0.410 e. The third-order valence-corrected chi connectivity index (χ3v) is 3.76. The molecule has 1 N–H and O–H groups in total. The molecule has 141 valence electrons. The second-order valence-corrected chi connectivity index (χ2v) is 7.01. The number of carbonyl (C=O) groups is 3. The minimum Gasteiger partial charge on any atom is -0.464 e. The van der Waals surface area contributed by atoms with Gasteiger partial charge in [-0.2, -0.15) is 0 Å². The summed E-state index contributed by atoms with van der Waals surface area (Å²) in [5.41, 5.74) is -0.647. The van der Waals surface area contributed by atoms with E-state index in [1.54, 1.807) is 40.7 Å². The Bertz CT molecular complexity index is 512. The first-order valence-electron chi connectivity index (χ1n) is 8.51. The Balaban J connectivity index is 2.83. The Kier molecular flexibility index (Phi) is 7.45. The topological polar surface area (TPSA) is 84.9 Å². The van der Waals surface area contributed by atoms with E-state index in [0.29, 0.717) is 13.0 Å². The zero-order chi connectivity index (χ0) is 19.2. The summed E-state index contributed by atoms with van der Waals surface area (Å²) in [5.74, 6) is -1.23. The first-order chi connectivity index (χ1) is 11.6. The maximum absolute atomic E-state index is 12.6. The highest BCUT2D eigenvalue weighted by atomic mass is 16.6. The van der Waals surface area contributed by atoms with Crippen LogP contribution in [0.5, 0.6) is 0 Å². The molecule has 0 aromatic rings. The van der Waals surface area contributed by atoms with Crippen LogP contribution in [0.2, 0.25) is 0 Å². The highest BCUT2D eigenvalue weighted by molar-refractivity contribution is 5.90. The predicted molar refractivity (Wildman–Crippen MR) is 93.6 cm³/mol. The van der Waals surface area contributed by atoms with Gasteiger partial charge in [0.05, 0.1) is 6.61 Å². The van der Waals surface area contributed by atoms with Crippen LogP contribution in [0.3, 0.4) is 0 Å². The number of amides is 2. The molecule has 1 fully saturated rings. The van der Waals surface area contributed by atoms with Gasteiger partial charge in [-0.15, -0.1) is 6.58 Å². The number of ether oxygens (including phenoxy) is 2. The van der Waals surface area contributed by atoms with Crippen molar-refractivity contribution in [1.82, 2.24) is 10.2 Å². The van der Waals surface area contributed by atoms with Crippen molar-refractivity contribution in [3.63, 3.8) is 0 Å². The quantitative estimate of drug-likeness (QED) is 0.584. The lowest BCUT2D eigenvalue weighted by molar-refractivity contribution is -0.148. The first kappa shape index (κ1) is 21.0. The third kappa shape index (κ3) is 6.07. The monoisotopic (exact) mass is 353 g/mol. The second-order valence-electron chi connectivity index (χ2n) is 7.01. The molecule has 2 amide bonds. The number of hydrogen-bond acceptors (Lipinski definition) is 5. The zero-order valence-corrected chi connectivity index (χ0v) is 15.7. The van der Waals surface area contributed by atoms with Gasteiger partial charge < -0.3 is 14.8 Å². The molecular formula is C18H29N2O5. The minimum atomic E-state index is -0.842. The van der Waals surface area contributed by atoms with Gasteiger partial charge in [-0.25, -0.2) is 9.59 Å². The molecule has 1 radical (unpaired) electrons. The van der Waals surface area contributed by atoms with Crippen LogP contribution in [-0.4, -0.2) is 53.7 Å². The standard InChI is InChI=1S/C18H29N2O5/c1-7-12(3)14(16(22)24-8-2)19-15(21)13-10-9-11-20(13)17(23)25-18(4,5)6/h7,9,12-14H,1,8,10-11H2,2-6H3,(H,19,21)/t12-,13+,14-/m1/s1. The maximum atomic E-state index is 12.6. The summed E-state index contributed by atoms with van der Waals surface area (Å²) in [7, 11) is 0. The summed E-state index contributed by atoms with van der Waals surface area (Å²) in [6.07, 6.45) is 3.27. The molecule has 0 unspecified atom stereocenters. The lowest BCUT2D eigenvalue weighted by Crippen LogP contribution is -2.53. The van der Waals surface area contributed by atoms with Crippen LogP contribution in [0.1, 0.15) is 41.0 Å². The number of likely N-dealkylation sites (tertiary alicyclic amines) is 1. The number of carbonyl (C=O) groups excluding carboxylic acids is 3. The van der Waals surface area contributed by atoms with Crippen molar-refractivity contribution in [2.45, 2.75) is 58.7 Å². The molecule has 7 heteroatoms. The second kappa shape index (κ2) is 8.87. The van der Waals surface area contributed by atoms with Crippen molar-refractivity contribution in [3.8, 4) is 0 Å². The number of nitrogens with zero attached hydrogens (tertiary/aromatic N) is 1. The SMILES string of the molecule is C=C[C@@H](C)[C@@H](NC(=O)[C@@H]1C[CH]CN1C(=O)OC(C)(C)C)C(=O)OCC. The fraction of sp³-hybridized carbons (Fsp3) is 0.667. The summed E-state index contributed by atoms with van der Waals surface area (Å²) in [5, 5.41) is 2.69. The lowest BCUT2D eigenvalue weighted by Gasteiger charge is -2.29. The molecule has 0 aromatic carbocycles. The summed E-state index contributed by atoms with van der Waals surface area (Å²) in [6.45, 7) is 13.0. The molecule has 25 heavy (non-hydrogen) atoms. The van der Waals surface area contributed by atoms with Gasteiger partial charge in [0.15, 0.2) is 0 Å². The highest BCUT2D eigenvalue weighted by Gasteiger charge is 2.38. The van der Waals surface area contributed by atoms with Crippen LogP contribution in [-0.2, 0) is 19.1 Å². The van der Waals surface area contributed by atoms with E-state index >= 15 is 0 Å². The molecule has 3 atom stereocenters. The van der Waals surface area contributed by atoms with Crippen molar-refractivity contribution < 1.29 is 23.9 Å². The number of nitrogens with one attached hydrogen (secondary N) is 1. The van der Waals surface area contributed by atoms with Gasteiger partial charge in [0.2, 0.25) is 5.91 Å². The van der Waals surface area contributed by atoms with Gasteiger partial charge in [-0.1, -0.05) is 13.0 Å². The molecule has 0 bridgehead atoms. The highest BCUT2D eigenvalue weighted by Crippen LogP contribution is 2.21. The van der Waals surface area contributed by atoms with E-state index in [2.05, 4.69) is 11.9 Å². The van der Waals surface area contributed by atoms with Crippen LogP contribution in [0, 0.1) is 12.3 Å². The van der Waals surface area contributed by atoms with E-state index in [1.165, 1.54) is 4.90 Å². The number of esters is 1. The van der Waals surface area contributed by atoms with Gasteiger partial charge in [0, 0.05) is 12.5 Å². The van der Waals surface area contributed by atoms with E-state index in [0.717, 1.165) is 0 Å². The Morgan fingerprint density at radius 2 is 2.04 bits per heavy atom. The van der Waals surface area contributed by atoms with Crippen LogP contribution >= 0.6 is 0 Å². The molecule has 7 nitrogen and oxygen atoms in total. The van der Waals surface area contributed by atoms with Gasteiger partial charge >= 0.3 is 12.1 Å². The van der Waals surface area contributed by atoms with E-state index in [-0.39, 0.29) is 12.5 Å². The van der Waals surface area contributed by atoms with Crippen molar-refractivity contribution >= 4 is 18.0 Å². The third-order valence-electron chi connectivity index (χ3n) is 3.76. The lowest BCUT2D eigenvalue weighted by atomic mass is 10.0. The van der Waals surface area contributed by atoms with Gasteiger partial charge in [0.1, 0.15) is 17.7 Å². The molecule has 1 rings (SSSR count). The average molecular weight is 353 g/mol. The molecule has 1 aliphatic rings. The molecule has 1 saturated heterocycles. The minimum absolute atomic E-state index is 0.219. The fourth-order valence-electron chi connectivity index (χ4n) is 2.42. The Morgan fingerprint density at radius 1 is 1.40 bits per heavy atom. The average Bonchev–Trinajstić information content (AvgIpc) is 3.00. The molecule has 1 aliphatic heterocycles. The van der Waals surface area contributed by atoms with Crippen molar-refractivity contribution in [3.05, 3.63) is 19.1 Å². The first-order valence-corrected chi connectivity index (χ1v) is 8.51. The van der Waals surface area contributed by atoms with Gasteiger partial charge in [0.25, 0.3) is 0 Å². The van der Waals surface area contributed by atoms with E-state index in [9.17, 15) is 14.4 Å². The molecule has 0 aliphatic carbocycles. The Hall–Kier alpha value is -2.05. The molecular weight excluding hydrogens is 324 g/mol. The van der Waals surface area contributed by atoms with Crippen LogP contribution in [0.25, 0.3) is 0 Å². The van der Waals surface area contributed by atoms with Gasteiger partial charge in [-0.05, 0) is 40.5 Å². The van der Waals surface area contributed by atoms with Crippen LogP contribution in [0.15, 0.2) is 12.7 Å². The Morgan fingerprint density at radius 3 is 2.56 bits per heavy atom. The molecule has 0 saturated carbocycles. The fourth-order valence-corrected chi connectivity index (χ4v) is 2.42. The van der Waals surface area contributed by atoms with E-state index in [1.807, 2.05) is 6.42 Å². The molecule has 1 heterocycles. The molecule has 0 aromatic heterocycles. The van der Waals surface area contributed by atoms with Crippen molar-refractivity contribution in [1.29, 1.82) is 0 Å². The summed E-state index contributed by atoms with van der Waals surface area (Å²) in [4.78, 5) is 38.4. The van der Waals surface area contributed by atoms with Crippen molar-refractivity contribution in [2.75, 3.05) is 13.2 Å². The zero-order valence-electron chi connectivity index (χ0n) is 15.7. The Labute approximate surface area is 149 Å². The summed E-state index contributed by atoms with van der Waals surface area (Å²) in [6, 6.07) is -1.55. The largest absolute Gasteiger partial charge is 0.464 e. The summed E-state index contributed by atoms with van der Waals surface area (Å²) < 4.78 is 10.4. The smallest absolute Gasteiger partial charge is 0.410 e. The van der Waals surface area contributed by atoms with Crippen LogP contribution < -0.4 is 5.32 Å². The van der Waals surface area contributed by atoms with Crippen LogP contribution in [0.4, 0.5) is 4.79 Å². The van der Waals surface area contributed by atoms with Gasteiger partial charge in [-0.3, -0.25) is 9.69 Å². The number of hydrogen-bond donors (Lipinski definition) is 1. The molecule has 0 spiro atoms. The van der Waals surface area contributed by atoms with Crippen molar-refractivity contribution in [2.24, 2.45) is 5.92 Å². The normalized spacial score (nSPS) is 19.7. The number of rotatable bonds is 6. The summed E-state index contributed by atoms with van der Waals surface area (Å²) >= 11 is 0. The van der Waals surface area contributed by atoms with E-state index < -0.39 is 35.7 Å².